The van der Waals surface area contributed by atoms with Gasteiger partial charge in [-0.3, -0.25) is 9.59 Å². The molecule has 2 N–H and O–H groups in total. The molecule has 6 nitrogen and oxygen atoms in total. The molecule has 0 radical (unpaired) electrons. The maximum atomic E-state index is 12.7. The maximum Gasteiger partial charge on any atom is 0.295 e. The number of hydrogen-bond donors (Lipinski definition) is 2. The lowest BCUT2D eigenvalue weighted by atomic mass is 9.95. The number of hydrogen-bond acceptors (Lipinski definition) is 5. The molecule has 0 aliphatic carbocycles. The highest BCUT2D eigenvalue weighted by molar-refractivity contribution is 6.46. The molecule has 0 unspecified atom stereocenters. The molecule has 27 heavy (non-hydrogen) atoms. The first kappa shape index (κ1) is 18.7. The molecule has 1 saturated heterocycles. The fourth-order valence-corrected chi connectivity index (χ4v) is 3.24. The lowest BCUT2D eigenvalue weighted by molar-refractivity contribution is -0.140. The van der Waals surface area contributed by atoms with Crippen LogP contribution in [0, 0.1) is 0 Å². The Morgan fingerprint density at radius 3 is 2.33 bits per heavy atom. The Morgan fingerprint density at radius 1 is 1.07 bits per heavy atom. The summed E-state index contributed by atoms with van der Waals surface area (Å²) in [5, 5.41) is 19.9. The molecule has 1 aliphatic rings. The molecule has 0 bridgehead atoms. The standard InChI is InChI=1S/C21H21NO5/c1-27-16-10-8-14(9-11-16)18-17(19(24)15-6-3-2-4-7-15)20(25)21(26)22(18)12-5-13-23/h2-4,6-11,18,23-24H,5,12-13H2,1H3/t18-/m0/s1. The van der Waals surface area contributed by atoms with E-state index in [-0.39, 0.29) is 24.5 Å². The van der Waals surface area contributed by atoms with Gasteiger partial charge < -0.3 is 19.8 Å². The smallest absolute Gasteiger partial charge is 0.295 e. The number of likely N-dealkylation sites (tertiary alicyclic amines) is 1. The number of aliphatic hydroxyl groups excluding tert-OH is 2. The number of carbonyl (C=O) groups is 2. The van der Waals surface area contributed by atoms with Gasteiger partial charge in [-0.15, -0.1) is 0 Å². The van der Waals surface area contributed by atoms with Crippen LogP contribution in [0.25, 0.3) is 5.76 Å². The molecule has 1 heterocycles. The maximum absolute atomic E-state index is 12.7. The van der Waals surface area contributed by atoms with Crippen molar-refractivity contribution in [2.24, 2.45) is 0 Å². The van der Waals surface area contributed by atoms with E-state index in [1.807, 2.05) is 0 Å². The quantitative estimate of drug-likeness (QED) is 0.465. The van der Waals surface area contributed by atoms with Crippen molar-refractivity contribution in [3.63, 3.8) is 0 Å². The van der Waals surface area contributed by atoms with Crippen LogP contribution in [-0.4, -0.2) is 47.1 Å². The SMILES string of the molecule is COc1ccc([C@H]2C(=C(O)c3ccccc3)C(=O)C(=O)N2CCCO)cc1. The van der Waals surface area contributed by atoms with Crippen molar-refractivity contribution >= 4 is 17.4 Å². The van der Waals surface area contributed by atoms with Gasteiger partial charge in [-0.25, -0.2) is 0 Å². The summed E-state index contributed by atoms with van der Waals surface area (Å²) in [5.41, 5.74) is 1.20. The number of benzene rings is 2. The predicted molar refractivity (Wildman–Crippen MR) is 100 cm³/mol. The Morgan fingerprint density at radius 2 is 1.74 bits per heavy atom. The minimum absolute atomic E-state index is 0.0503. The Balaban J connectivity index is 2.13. The summed E-state index contributed by atoms with van der Waals surface area (Å²) in [7, 11) is 1.55. The summed E-state index contributed by atoms with van der Waals surface area (Å²) in [6, 6.07) is 15.0. The molecule has 0 spiro atoms. The number of carbonyl (C=O) groups excluding carboxylic acids is 2. The second-order valence-corrected chi connectivity index (χ2v) is 6.21. The van der Waals surface area contributed by atoms with Crippen LogP contribution in [0.5, 0.6) is 5.75 Å². The van der Waals surface area contributed by atoms with E-state index in [2.05, 4.69) is 0 Å². The van der Waals surface area contributed by atoms with E-state index >= 15 is 0 Å². The molecule has 2 aromatic carbocycles. The first-order chi connectivity index (χ1) is 13.1. The second-order valence-electron chi connectivity index (χ2n) is 6.21. The Hall–Kier alpha value is -3.12. The highest BCUT2D eigenvalue weighted by Crippen LogP contribution is 2.39. The van der Waals surface area contributed by atoms with E-state index < -0.39 is 17.7 Å². The van der Waals surface area contributed by atoms with Crippen molar-refractivity contribution in [2.75, 3.05) is 20.3 Å². The highest BCUT2D eigenvalue weighted by atomic mass is 16.5. The van der Waals surface area contributed by atoms with Gasteiger partial charge in [-0.2, -0.15) is 0 Å². The van der Waals surface area contributed by atoms with Crippen molar-refractivity contribution in [1.29, 1.82) is 0 Å². The van der Waals surface area contributed by atoms with Gasteiger partial charge in [-0.05, 0) is 24.1 Å². The van der Waals surface area contributed by atoms with Gasteiger partial charge in [0.2, 0.25) is 0 Å². The van der Waals surface area contributed by atoms with Gasteiger partial charge in [0.1, 0.15) is 11.5 Å². The van der Waals surface area contributed by atoms with Crippen LogP contribution >= 0.6 is 0 Å². The average Bonchev–Trinajstić information content (AvgIpc) is 2.97. The van der Waals surface area contributed by atoms with Gasteiger partial charge in [0.05, 0.1) is 18.7 Å². The molecular formula is C21H21NO5. The van der Waals surface area contributed by atoms with E-state index in [0.29, 0.717) is 23.3 Å². The number of ether oxygens (including phenoxy) is 1. The van der Waals surface area contributed by atoms with Crippen molar-refractivity contribution < 1.29 is 24.5 Å². The molecule has 3 rings (SSSR count). The molecule has 1 amide bonds. The highest BCUT2D eigenvalue weighted by Gasteiger charge is 2.45. The minimum atomic E-state index is -0.727. The zero-order chi connectivity index (χ0) is 19.4. The van der Waals surface area contributed by atoms with Gasteiger partial charge in [0.15, 0.2) is 0 Å². The van der Waals surface area contributed by atoms with Gasteiger partial charge >= 0.3 is 0 Å². The average molecular weight is 367 g/mol. The fraction of sp³-hybridized carbons (Fsp3) is 0.238. The van der Waals surface area contributed by atoms with E-state index in [9.17, 15) is 14.7 Å². The largest absolute Gasteiger partial charge is 0.507 e. The topological polar surface area (TPSA) is 87.1 Å². The summed E-state index contributed by atoms with van der Waals surface area (Å²) in [6.45, 7) is 0.111. The van der Waals surface area contributed by atoms with Crippen molar-refractivity contribution in [3.8, 4) is 5.75 Å². The van der Waals surface area contributed by atoms with Crippen LogP contribution in [0.1, 0.15) is 23.6 Å². The summed E-state index contributed by atoms with van der Waals surface area (Å²) < 4.78 is 5.17. The predicted octanol–water partition coefficient (Wildman–Crippen LogP) is 2.50. The normalized spacial score (nSPS) is 18.7. The number of amides is 1. The Bertz CT molecular complexity index is 858. The third kappa shape index (κ3) is 3.57. The third-order valence-electron chi connectivity index (χ3n) is 4.58. The van der Waals surface area contributed by atoms with E-state index in [1.54, 1.807) is 61.7 Å². The van der Waals surface area contributed by atoms with Crippen LogP contribution < -0.4 is 4.74 Å². The Kier molecular flexibility index (Phi) is 5.57. The molecule has 1 aliphatic heterocycles. The molecular weight excluding hydrogens is 346 g/mol. The lowest BCUT2D eigenvalue weighted by Gasteiger charge is -2.25. The summed E-state index contributed by atoms with van der Waals surface area (Å²) >= 11 is 0. The summed E-state index contributed by atoms with van der Waals surface area (Å²) in [4.78, 5) is 26.7. The van der Waals surface area contributed by atoms with Gasteiger partial charge in [0, 0.05) is 18.7 Å². The van der Waals surface area contributed by atoms with Crippen LogP contribution in [-0.2, 0) is 9.59 Å². The second kappa shape index (κ2) is 8.05. The van der Waals surface area contributed by atoms with Crippen molar-refractivity contribution in [1.82, 2.24) is 4.90 Å². The number of ketones is 1. The van der Waals surface area contributed by atoms with Crippen LogP contribution in [0.3, 0.4) is 0 Å². The minimum Gasteiger partial charge on any atom is -0.507 e. The van der Waals surface area contributed by atoms with Crippen LogP contribution in [0.2, 0.25) is 0 Å². The van der Waals surface area contributed by atoms with E-state index in [4.69, 9.17) is 9.84 Å². The first-order valence-corrected chi connectivity index (χ1v) is 8.67. The number of nitrogens with zero attached hydrogens (tertiary/aromatic N) is 1. The van der Waals surface area contributed by atoms with Crippen LogP contribution in [0.15, 0.2) is 60.2 Å². The molecule has 6 heteroatoms. The summed E-state index contributed by atoms with van der Waals surface area (Å²) in [6.07, 6.45) is 0.338. The molecule has 0 saturated carbocycles. The zero-order valence-corrected chi connectivity index (χ0v) is 15.0. The molecule has 1 fully saturated rings. The summed E-state index contributed by atoms with van der Waals surface area (Å²) in [5.74, 6) is -0.966. The van der Waals surface area contributed by atoms with Crippen molar-refractivity contribution in [3.05, 3.63) is 71.3 Å². The molecule has 1 atom stereocenters. The van der Waals surface area contributed by atoms with E-state index in [1.165, 1.54) is 4.90 Å². The van der Waals surface area contributed by atoms with Gasteiger partial charge in [0.25, 0.3) is 11.7 Å². The number of rotatable bonds is 6. The number of methoxy groups -OCH3 is 1. The number of aliphatic hydroxyl groups is 2. The third-order valence-corrected chi connectivity index (χ3v) is 4.58. The molecule has 0 aromatic heterocycles. The van der Waals surface area contributed by atoms with E-state index in [0.717, 1.165) is 0 Å². The van der Waals surface area contributed by atoms with Crippen LogP contribution in [0.4, 0.5) is 0 Å². The monoisotopic (exact) mass is 367 g/mol. The fourth-order valence-electron chi connectivity index (χ4n) is 3.24. The first-order valence-electron chi connectivity index (χ1n) is 8.67. The van der Waals surface area contributed by atoms with Crippen molar-refractivity contribution in [2.45, 2.75) is 12.5 Å². The Labute approximate surface area is 157 Å². The van der Waals surface area contributed by atoms with Gasteiger partial charge in [-0.1, -0.05) is 42.5 Å². The molecule has 140 valence electrons. The lowest BCUT2D eigenvalue weighted by Crippen LogP contribution is -2.31. The molecule has 2 aromatic rings. The number of Topliss-reactive ketones (excluding diaryl/α,β-unsaturated/α-hetero) is 1. The zero-order valence-electron chi connectivity index (χ0n) is 15.0.